The minimum Gasteiger partial charge on any atom is -0.452 e. The van der Waals surface area contributed by atoms with Crippen LogP contribution in [0.3, 0.4) is 0 Å². The molecule has 0 aliphatic carbocycles. The second kappa shape index (κ2) is 7.89. The van der Waals surface area contributed by atoms with Crippen LogP contribution in [-0.4, -0.2) is 24.5 Å². The fourth-order valence-corrected chi connectivity index (χ4v) is 1.53. The normalized spacial score (nSPS) is 12.7. The first-order valence-corrected chi connectivity index (χ1v) is 7.07. The van der Waals surface area contributed by atoms with Crippen molar-refractivity contribution >= 4 is 33.9 Å². The average Bonchev–Trinajstić information content (AvgIpc) is 2.79. The summed E-state index contributed by atoms with van der Waals surface area (Å²) in [6.07, 6.45) is 2.69. The van der Waals surface area contributed by atoms with Crippen molar-refractivity contribution in [2.24, 2.45) is 5.92 Å². The van der Waals surface area contributed by atoms with E-state index in [4.69, 9.17) is 9.15 Å². The number of ether oxygens (including phenoxy) is 1. The quantitative estimate of drug-likeness (QED) is 0.636. The fraction of sp³-hybridized carbons (Fsp3) is 0.429. The molecule has 0 aliphatic heterocycles. The maximum atomic E-state index is 11.5. The number of hydrogen-bond donors (Lipinski definition) is 1. The average molecular weight is 344 g/mol. The number of hydrogen-bond acceptors (Lipinski definition) is 4. The molecule has 0 saturated heterocycles. The Balaban J connectivity index is 2.33. The van der Waals surface area contributed by atoms with Crippen LogP contribution in [0.5, 0.6) is 0 Å². The molecule has 1 atom stereocenters. The van der Waals surface area contributed by atoms with Gasteiger partial charge >= 0.3 is 5.97 Å². The van der Waals surface area contributed by atoms with Crippen LogP contribution >= 0.6 is 15.9 Å². The van der Waals surface area contributed by atoms with Gasteiger partial charge in [-0.1, -0.05) is 13.8 Å². The molecule has 1 heterocycles. The Morgan fingerprint density at radius 1 is 1.40 bits per heavy atom. The maximum absolute atomic E-state index is 11.5. The lowest BCUT2D eigenvalue weighted by molar-refractivity contribution is -0.144. The van der Waals surface area contributed by atoms with E-state index in [0.717, 1.165) is 0 Å². The van der Waals surface area contributed by atoms with Gasteiger partial charge in [-0.2, -0.15) is 0 Å². The number of furan rings is 1. The zero-order chi connectivity index (χ0) is 15.1. The summed E-state index contributed by atoms with van der Waals surface area (Å²) >= 11 is 3.15. The Labute approximate surface area is 126 Å². The third-order valence-corrected chi connectivity index (χ3v) is 3.14. The van der Waals surface area contributed by atoms with E-state index in [-0.39, 0.29) is 18.6 Å². The van der Waals surface area contributed by atoms with Gasteiger partial charge in [0.25, 0.3) is 5.91 Å². The van der Waals surface area contributed by atoms with Crippen LogP contribution in [0.15, 0.2) is 27.3 Å². The summed E-state index contributed by atoms with van der Waals surface area (Å²) in [6.45, 7) is 5.61. The van der Waals surface area contributed by atoms with Crippen molar-refractivity contribution in [2.45, 2.75) is 26.8 Å². The van der Waals surface area contributed by atoms with E-state index in [0.29, 0.717) is 16.3 Å². The lowest BCUT2D eigenvalue weighted by Gasteiger charge is -2.16. The predicted molar refractivity (Wildman–Crippen MR) is 78.8 cm³/mol. The van der Waals surface area contributed by atoms with Gasteiger partial charge in [0.1, 0.15) is 5.76 Å². The zero-order valence-corrected chi connectivity index (χ0v) is 13.3. The molecule has 0 aromatic carbocycles. The number of carbonyl (C=O) groups excluding carboxylic acids is 2. The van der Waals surface area contributed by atoms with Gasteiger partial charge < -0.3 is 14.5 Å². The first-order valence-electron chi connectivity index (χ1n) is 6.28. The SMILES string of the molecule is CC(C)[C@@H](C)NC(=O)COC(=O)/C=C/c1ccc(Br)o1. The first-order chi connectivity index (χ1) is 9.38. The smallest absolute Gasteiger partial charge is 0.331 e. The van der Waals surface area contributed by atoms with E-state index in [9.17, 15) is 9.59 Å². The molecule has 0 aliphatic rings. The van der Waals surface area contributed by atoms with Crippen LogP contribution in [-0.2, 0) is 14.3 Å². The van der Waals surface area contributed by atoms with E-state index in [1.54, 1.807) is 12.1 Å². The van der Waals surface area contributed by atoms with Crippen LogP contribution in [0, 0.1) is 5.92 Å². The molecule has 1 amide bonds. The van der Waals surface area contributed by atoms with Gasteiger partial charge in [-0.25, -0.2) is 4.79 Å². The summed E-state index contributed by atoms with van der Waals surface area (Å²) in [7, 11) is 0. The second-order valence-corrected chi connectivity index (χ2v) is 5.46. The van der Waals surface area contributed by atoms with Crippen molar-refractivity contribution in [3.05, 3.63) is 28.6 Å². The van der Waals surface area contributed by atoms with Crippen LogP contribution < -0.4 is 5.32 Å². The summed E-state index contributed by atoms with van der Waals surface area (Å²) in [6, 6.07) is 3.45. The molecule has 1 N–H and O–H groups in total. The van der Waals surface area contributed by atoms with Gasteiger partial charge in [-0.15, -0.1) is 0 Å². The monoisotopic (exact) mass is 343 g/mol. The number of nitrogens with one attached hydrogen (secondary N) is 1. The highest BCUT2D eigenvalue weighted by Gasteiger charge is 2.11. The lowest BCUT2D eigenvalue weighted by Crippen LogP contribution is -2.38. The fourth-order valence-electron chi connectivity index (χ4n) is 1.22. The van der Waals surface area contributed by atoms with Crippen molar-refractivity contribution in [2.75, 3.05) is 6.61 Å². The number of esters is 1. The Morgan fingerprint density at radius 3 is 2.65 bits per heavy atom. The van der Waals surface area contributed by atoms with Crippen molar-refractivity contribution in [1.29, 1.82) is 0 Å². The van der Waals surface area contributed by atoms with Crippen molar-refractivity contribution in [1.82, 2.24) is 5.32 Å². The Bertz CT molecular complexity index is 493. The summed E-state index contributed by atoms with van der Waals surface area (Å²) in [5.74, 6) is -0.0581. The lowest BCUT2D eigenvalue weighted by atomic mass is 10.1. The third-order valence-electron chi connectivity index (χ3n) is 2.71. The van der Waals surface area contributed by atoms with Crippen molar-refractivity contribution in [3.8, 4) is 0 Å². The predicted octanol–water partition coefficient (Wildman–Crippen LogP) is 2.76. The molecule has 0 fully saturated rings. The number of rotatable bonds is 6. The Morgan fingerprint density at radius 2 is 2.10 bits per heavy atom. The molecule has 6 heteroatoms. The van der Waals surface area contributed by atoms with Gasteiger partial charge in [0.05, 0.1) is 0 Å². The first kappa shape index (κ1) is 16.5. The van der Waals surface area contributed by atoms with Crippen molar-refractivity contribution < 1.29 is 18.7 Å². The largest absolute Gasteiger partial charge is 0.452 e. The van der Waals surface area contributed by atoms with E-state index < -0.39 is 5.97 Å². The Kier molecular flexibility index (Phi) is 6.51. The minimum absolute atomic E-state index is 0.0391. The van der Waals surface area contributed by atoms with Crippen LogP contribution in [0.2, 0.25) is 0 Å². The standard InChI is InChI=1S/C14H18BrNO4/c1-9(2)10(3)16-13(17)8-19-14(18)7-5-11-4-6-12(15)20-11/h4-7,9-10H,8H2,1-3H3,(H,16,17)/b7-5+/t10-/m1/s1. The highest BCUT2D eigenvalue weighted by Crippen LogP contribution is 2.14. The maximum Gasteiger partial charge on any atom is 0.331 e. The minimum atomic E-state index is -0.593. The highest BCUT2D eigenvalue weighted by atomic mass is 79.9. The molecule has 5 nitrogen and oxygen atoms in total. The summed E-state index contributed by atoms with van der Waals surface area (Å²) in [5, 5.41) is 2.75. The molecular formula is C14H18BrNO4. The van der Waals surface area contributed by atoms with E-state index in [1.165, 1.54) is 12.2 Å². The number of amides is 1. The van der Waals surface area contributed by atoms with Crippen LogP contribution in [0.4, 0.5) is 0 Å². The molecule has 1 aromatic heterocycles. The molecule has 0 unspecified atom stereocenters. The summed E-state index contributed by atoms with van der Waals surface area (Å²) < 4.78 is 10.6. The number of halogens is 1. The molecule has 0 bridgehead atoms. The molecule has 20 heavy (non-hydrogen) atoms. The van der Waals surface area contributed by atoms with Gasteiger partial charge in [0.15, 0.2) is 11.3 Å². The van der Waals surface area contributed by atoms with E-state index >= 15 is 0 Å². The van der Waals surface area contributed by atoms with Crippen molar-refractivity contribution in [3.63, 3.8) is 0 Å². The van der Waals surface area contributed by atoms with Gasteiger partial charge in [0, 0.05) is 12.1 Å². The second-order valence-electron chi connectivity index (χ2n) is 4.68. The molecular weight excluding hydrogens is 326 g/mol. The summed E-state index contributed by atoms with van der Waals surface area (Å²) in [5.41, 5.74) is 0. The zero-order valence-electron chi connectivity index (χ0n) is 11.7. The van der Waals surface area contributed by atoms with Crippen LogP contribution in [0.25, 0.3) is 6.08 Å². The molecule has 0 radical (unpaired) electrons. The molecule has 0 spiro atoms. The van der Waals surface area contributed by atoms with E-state index in [2.05, 4.69) is 21.2 Å². The summed E-state index contributed by atoms with van der Waals surface area (Å²) in [4.78, 5) is 22.9. The molecule has 1 rings (SSSR count). The Hall–Kier alpha value is -1.56. The molecule has 0 saturated carbocycles. The third kappa shape index (κ3) is 6.06. The van der Waals surface area contributed by atoms with Gasteiger partial charge in [-0.05, 0) is 47.0 Å². The molecule has 110 valence electrons. The number of carbonyl (C=O) groups is 2. The van der Waals surface area contributed by atoms with E-state index in [1.807, 2.05) is 20.8 Å². The highest BCUT2D eigenvalue weighted by molar-refractivity contribution is 9.10. The topological polar surface area (TPSA) is 68.5 Å². The van der Waals surface area contributed by atoms with Gasteiger partial charge in [0.2, 0.25) is 0 Å². The molecule has 1 aromatic rings. The van der Waals surface area contributed by atoms with Crippen LogP contribution in [0.1, 0.15) is 26.5 Å². The van der Waals surface area contributed by atoms with Gasteiger partial charge in [-0.3, -0.25) is 4.79 Å².